The SMILES string of the molecule is Cc1cccc(/C=C2/NC(=O)[C@@H](CC(C)C)NC2=O)c1. The second-order valence-electron chi connectivity index (χ2n) is 5.62. The first kappa shape index (κ1) is 14.3. The summed E-state index contributed by atoms with van der Waals surface area (Å²) in [4.78, 5) is 24.0. The van der Waals surface area contributed by atoms with Crippen LogP contribution in [0.4, 0.5) is 0 Å². The smallest absolute Gasteiger partial charge is 0.268 e. The topological polar surface area (TPSA) is 58.2 Å². The van der Waals surface area contributed by atoms with Crippen LogP contribution in [-0.4, -0.2) is 17.9 Å². The number of nitrogens with one attached hydrogen (secondary N) is 2. The van der Waals surface area contributed by atoms with E-state index in [-0.39, 0.29) is 11.8 Å². The number of piperazine rings is 1. The maximum atomic E-state index is 12.0. The van der Waals surface area contributed by atoms with Crippen LogP contribution in [0.1, 0.15) is 31.4 Å². The standard InChI is InChI=1S/C16H20N2O2/c1-10(2)7-13-15(19)18-14(16(20)17-13)9-12-6-4-5-11(3)8-12/h4-6,8-10,13H,7H2,1-3H3,(H,17,20)(H,18,19)/b14-9+/t13-/m1/s1. The largest absolute Gasteiger partial charge is 0.339 e. The number of carbonyl (C=O) groups is 2. The highest BCUT2D eigenvalue weighted by Crippen LogP contribution is 2.13. The Labute approximate surface area is 119 Å². The molecule has 2 N–H and O–H groups in total. The second kappa shape index (κ2) is 5.90. The minimum atomic E-state index is -0.433. The van der Waals surface area contributed by atoms with Crippen LogP contribution in [0.5, 0.6) is 0 Å². The van der Waals surface area contributed by atoms with Gasteiger partial charge in [-0.3, -0.25) is 9.59 Å². The van der Waals surface area contributed by atoms with Crippen molar-refractivity contribution in [2.45, 2.75) is 33.2 Å². The zero-order valence-corrected chi connectivity index (χ0v) is 12.1. The van der Waals surface area contributed by atoms with Crippen molar-refractivity contribution in [3.8, 4) is 0 Å². The first-order chi connectivity index (χ1) is 9.45. The summed E-state index contributed by atoms with van der Waals surface area (Å²) < 4.78 is 0. The lowest BCUT2D eigenvalue weighted by atomic mass is 10.0. The van der Waals surface area contributed by atoms with E-state index in [9.17, 15) is 9.59 Å². The van der Waals surface area contributed by atoms with Crippen molar-refractivity contribution in [3.63, 3.8) is 0 Å². The van der Waals surface area contributed by atoms with Crippen molar-refractivity contribution in [3.05, 3.63) is 41.1 Å². The van der Waals surface area contributed by atoms with E-state index < -0.39 is 6.04 Å². The van der Waals surface area contributed by atoms with Gasteiger partial charge in [0.2, 0.25) is 5.91 Å². The highest BCUT2D eigenvalue weighted by Gasteiger charge is 2.29. The zero-order chi connectivity index (χ0) is 14.7. The molecule has 0 unspecified atom stereocenters. The Bertz CT molecular complexity index is 561. The summed E-state index contributed by atoms with van der Waals surface area (Å²) in [6.45, 7) is 6.04. The molecule has 0 aliphatic carbocycles. The third-order valence-corrected chi connectivity index (χ3v) is 3.18. The van der Waals surface area contributed by atoms with Crippen LogP contribution >= 0.6 is 0 Å². The first-order valence-electron chi connectivity index (χ1n) is 6.86. The molecule has 2 amide bonds. The predicted octanol–water partition coefficient (Wildman–Crippen LogP) is 2.00. The van der Waals surface area contributed by atoms with Gasteiger partial charge in [-0.25, -0.2) is 0 Å². The minimum Gasteiger partial charge on any atom is -0.339 e. The fraction of sp³-hybridized carbons (Fsp3) is 0.375. The summed E-state index contributed by atoms with van der Waals surface area (Å²) in [7, 11) is 0. The molecule has 1 atom stereocenters. The molecular weight excluding hydrogens is 252 g/mol. The van der Waals surface area contributed by atoms with Crippen LogP contribution in [-0.2, 0) is 9.59 Å². The van der Waals surface area contributed by atoms with E-state index >= 15 is 0 Å². The Morgan fingerprint density at radius 3 is 2.70 bits per heavy atom. The molecule has 1 aromatic carbocycles. The van der Waals surface area contributed by atoms with E-state index in [0.29, 0.717) is 18.0 Å². The van der Waals surface area contributed by atoms with Crippen molar-refractivity contribution in [2.75, 3.05) is 0 Å². The fourth-order valence-electron chi connectivity index (χ4n) is 2.24. The predicted molar refractivity (Wildman–Crippen MR) is 78.7 cm³/mol. The van der Waals surface area contributed by atoms with Crippen molar-refractivity contribution < 1.29 is 9.59 Å². The molecule has 1 aliphatic rings. The number of hydrogen-bond acceptors (Lipinski definition) is 2. The van der Waals surface area contributed by atoms with Crippen molar-refractivity contribution in [1.29, 1.82) is 0 Å². The van der Waals surface area contributed by atoms with Gasteiger partial charge in [0, 0.05) is 0 Å². The number of rotatable bonds is 3. The molecule has 2 rings (SSSR count). The average Bonchev–Trinajstić information content (AvgIpc) is 2.35. The van der Waals surface area contributed by atoms with Gasteiger partial charge in [0.05, 0.1) is 0 Å². The van der Waals surface area contributed by atoms with E-state index in [1.165, 1.54) is 0 Å². The Balaban J connectivity index is 2.16. The van der Waals surface area contributed by atoms with Crippen molar-refractivity contribution >= 4 is 17.9 Å². The number of aryl methyl sites for hydroxylation is 1. The minimum absolute atomic E-state index is 0.141. The van der Waals surface area contributed by atoms with Crippen LogP contribution in [0.3, 0.4) is 0 Å². The molecule has 1 heterocycles. The van der Waals surface area contributed by atoms with Crippen molar-refractivity contribution in [1.82, 2.24) is 10.6 Å². The number of hydrogen-bond donors (Lipinski definition) is 2. The molecule has 0 saturated carbocycles. The summed E-state index contributed by atoms with van der Waals surface area (Å²) in [6.07, 6.45) is 2.35. The second-order valence-corrected chi connectivity index (χ2v) is 5.62. The Hall–Kier alpha value is -2.10. The van der Waals surface area contributed by atoms with Gasteiger partial charge in [0.1, 0.15) is 11.7 Å². The summed E-state index contributed by atoms with van der Waals surface area (Å²) >= 11 is 0. The molecule has 1 fully saturated rings. The average molecular weight is 272 g/mol. The molecule has 20 heavy (non-hydrogen) atoms. The third-order valence-electron chi connectivity index (χ3n) is 3.18. The van der Waals surface area contributed by atoms with Crippen LogP contribution in [0.2, 0.25) is 0 Å². The van der Waals surface area contributed by atoms with Crippen molar-refractivity contribution in [2.24, 2.45) is 5.92 Å². The molecule has 1 aliphatic heterocycles. The van der Waals surface area contributed by atoms with Crippen LogP contribution in [0.15, 0.2) is 30.0 Å². The maximum absolute atomic E-state index is 12.0. The summed E-state index contributed by atoms with van der Waals surface area (Å²) in [5, 5.41) is 5.46. The molecule has 4 nitrogen and oxygen atoms in total. The monoisotopic (exact) mass is 272 g/mol. The molecule has 0 radical (unpaired) electrons. The Kier molecular flexibility index (Phi) is 4.23. The van der Waals surface area contributed by atoms with Crippen LogP contribution in [0, 0.1) is 12.8 Å². The Morgan fingerprint density at radius 1 is 1.30 bits per heavy atom. The van der Waals surface area contributed by atoms with Crippen LogP contribution < -0.4 is 10.6 Å². The van der Waals surface area contributed by atoms with E-state index in [2.05, 4.69) is 10.6 Å². The molecule has 1 aromatic rings. The fourth-order valence-corrected chi connectivity index (χ4v) is 2.24. The first-order valence-corrected chi connectivity index (χ1v) is 6.86. The van der Waals surface area contributed by atoms with Crippen LogP contribution in [0.25, 0.3) is 6.08 Å². The third kappa shape index (κ3) is 3.47. The van der Waals surface area contributed by atoms with Gasteiger partial charge in [0.15, 0.2) is 0 Å². The number of carbonyl (C=O) groups excluding carboxylic acids is 2. The lowest BCUT2D eigenvalue weighted by Gasteiger charge is -2.26. The summed E-state index contributed by atoms with van der Waals surface area (Å²) in [6, 6.07) is 7.34. The van der Waals surface area contributed by atoms with Gasteiger partial charge >= 0.3 is 0 Å². The molecule has 106 valence electrons. The zero-order valence-electron chi connectivity index (χ0n) is 12.1. The summed E-state index contributed by atoms with van der Waals surface area (Å²) in [5.41, 5.74) is 2.32. The normalized spacial score (nSPS) is 21.0. The lowest BCUT2D eigenvalue weighted by molar-refractivity contribution is -0.131. The summed E-state index contributed by atoms with van der Waals surface area (Å²) in [5.74, 6) is -0.0117. The highest BCUT2D eigenvalue weighted by molar-refractivity contribution is 6.07. The molecule has 0 aromatic heterocycles. The van der Waals surface area contributed by atoms with Gasteiger partial charge in [-0.1, -0.05) is 43.7 Å². The number of benzene rings is 1. The molecule has 0 bridgehead atoms. The quantitative estimate of drug-likeness (QED) is 0.827. The van der Waals surface area contributed by atoms with Gasteiger partial charge in [-0.15, -0.1) is 0 Å². The Morgan fingerprint density at radius 2 is 2.05 bits per heavy atom. The van der Waals surface area contributed by atoms with E-state index in [1.54, 1.807) is 6.08 Å². The van der Waals surface area contributed by atoms with Gasteiger partial charge < -0.3 is 10.6 Å². The number of amides is 2. The molecule has 1 saturated heterocycles. The van der Waals surface area contributed by atoms with E-state index in [4.69, 9.17) is 0 Å². The molecule has 4 heteroatoms. The lowest BCUT2D eigenvalue weighted by Crippen LogP contribution is -2.55. The van der Waals surface area contributed by atoms with E-state index in [0.717, 1.165) is 11.1 Å². The molecular formula is C16H20N2O2. The molecule has 0 spiro atoms. The van der Waals surface area contributed by atoms with Gasteiger partial charge in [-0.2, -0.15) is 0 Å². The highest BCUT2D eigenvalue weighted by atomic mass is 16.2. The van der Waals surface area contributed by atoms with Gasteiger partial charge in [-0.05, 0) is 30.9 Å². The van der Waals surface area contributed by atoms with Gasteiger partial charge in [0.25, 0.3) is 5.91 Å². The van der Waals surface area contributed by atoms with E-state index in [1.807, 2.05) is 45.0 Å². The maximum Gasteiger partial charge on any atom is 0.268 e.